The van der Waals surface area contributed by atoms with E-state index in [4.69, 9.17) is 9.15 Å². The smallest absolute Gasteiger partial charge is 0.360 e. The molecule has 0 aliphatic carbocycles. The third-order valence-corrected chi connectivity index (χ3v) is 4.09. The van der Waals surface area contributed by atoms with Crippen LogP contribution in [-0.4, -0.2) is 48.8 Å². The Labute approximate surface area is 164 Å². The summed E-state index contributed by atoms with van der Waals surface area (Å²) in [4.78, 5) is 29.9. The number of oxazole rings is 1. The van der Waals surface area contributed by atoms with Crippen LogP contribution in [-0.2, 0) is 22.4 Å². The second kappa shape index (κ2) is 11.1. The monoisotopic (exact) mass is 389 g/mol. The molecule has 0 bridgehead atoms. The number of methoxy groups -OCH3 is 1. The van der Waals surface area contributed by atoms with Crippen LogP contribution in [0.15, 0.2) is 34.9 Å². The Morgan fingerprint density at radius 2 is 1.96 bits per heavy atom. The number of rotatable bonds is 10. The number of carbonyl (C=O) groups is 2. The third-order valence-electron chi connectivity index (χ3n) is 4.09. The number of carbonyl (C=O) groups excluding carboxylic acids is 2. The molecule has 0 fully saturated rings. The molecular weight excluding hydrogens is 362 g/mol. The van der Waals surface area contributed by atoms with Gasteiger partial charge in [-0.3, -0.25) is 0 Å². The topological polar surface area (TPSA) is 93.9 Å². The molecule has 0 saturated carbocycles. The minimum Gasteiger partial charge on any atom is -0.464 e. The highest BCUT2D eigenvalue weighted by Gasteiger charge is 2.19. The van der Waals surface area contributed by atoms with Crippen LogP contribution in [0.2, 0.25) is 0 Å². The molecule has 0 unspecified atom stereocenters. The van der Waals surface area contributed by atoms with Gasteiger partial charge in [-0.2, -0.15) is 0 Å². The first-order chi connectivity index (χ1) is 13.6. The molecular formula is C20H27N3O5. The molecule has 2 aromatic rings. The summed E-state index contributed by atoms with van der Waals surface area (Å²) in [6.07, 6.45) is 2.83. The highest BCUT2D eigenvalue weighted by Crippen LogP contribution is 2.13. The fourth-order valence-corrected chi connectivity index (χ4v) is 2.53. The number of nitrogens with zero attached hydrogens (tertiary/aromatic N) is 2. The highest BCUT2D eigenvalue weighted by molar-refractivity contribution is 5.89. The molecule has 0 saturated heterocycles. The average molecular weight is 389 g/mol. The van der Waals surface area contributed by atoms with Gasteiger partial charge in [0.15, 0.2) is 5.69 Å². The summed E-state index contributed by atoms with van der Waals surface area (Å²) in [5.41, 5.74) is 1.98. The normalized spacial score (nSPS) is 10.5. The van der Waals surface area contributed by atoms with Crippen LogP contribution in [0, 0.1) is 0 Å². The van der Waals surface area contributed by atoms with Gasteiger partial charge >= 0.3 is 12.0 Å². The van der Waals surface area contributed by atoms with Crippen molar-refractivity contribution >= 4 is 17.7 Å². The number of aromatic nitrogens is 1. The van der Waals surface area contributed by atoms with Gasteiger partial charge in [0, 0.05) is 25.4 Å². The zero-order valence-corrected chi connectivity index (χ0v) is 16.6. The van der Waals surface area contributed by atoms with Crippen LogP contribution >= 0.6 is 0 Å². The summed E-state index contributed by atoms with van der Waals surface area (Å²) in [5.74, 6) is -0.327. The first-order valence-electron chi connectivity index (χ1n) is 9.32. The van der Waals surface area contributed by atoms with E-state index in [-0.39, 0.29) is 24.2 Å². The van der Waals surface area contributed by atoms with E-state index in [0.29, 0.717) is 31.9 Å². The Bertz CT molecular complexity index is 757. The Morgan fingerprint density at radius 1 is 1.21 bits per heavy atom. The first-order valence-corrected chi connectivity index (χ1v) is 9.32. The predicted octanol–water partition coefficient (Wildman–Crippen LogP) is 3.48. The van der Waals surface area contributed by atoms with E-state index < -0.39 is 5.97 Å². The summed E-state index contributed by atoms with van der Waals surface area (Å²) in [6.45, 7) is 5.75. The lowest BCUT2D eigenvalue weighted by molar-refractivity contribution is 0.0594. The van der Waals surface area contributed by atoms with E-state index in [9.17, 15) is 9.59 Å². The number of benzene rings is 1. The molecule has 28 heavy (non-hydrogen) atoms. The highest BCUT2D eigenvalue weighted by atomic mass is 16.5. The van der Waals surface area contributed by atoms with Crippen molar-refractivity contribution in [2.75, 3.05) is 32.2 Å². The average Bonchev–Trinajstić information content (AvgIpc) is 3.18. The number of anilines is 1. The molecule has 0 aliphatic rings. The largest absolute Gasteiger partial charge is 0.464 e. The first kappa shape index (κ1) is 21.4. The molecule has 0 spiro atoms. The van der Waals surface area contributed by atoms with Gasteiger partial charge in [-0.25, -0.2) is 14.6 Å². The van der Waals surface area contributed by atoms with Crippen molar-refractivity contribution in [3.05, 3.63) is 47.7 Å². The zero-order valence-electron chi connectivity index (χ0n) is 16.6. The molecule has 2 amide bonds. The molecule has 0 aliphatic heterocycles. The van der Waals surface area contributed by atoms with Crippen LogP contribution in [0.4, 0.5) is 10.5 Å². The number of nitrogens with one attached hydrogen (secondary N) is 1. The van der Waals surface area contributed by atoms with Crippen molar-refractivity contribution in [1.82, 2.24) is 9.88 Å². The maximum Gasteiger partial charge on any atom is 0.360 e. The fourth-order valence-electron chi connectivity index (χ4n) is 2.53. The summed E-state index contributed by atoms with van der Waals surface area (Å²) < 4.78 is 15.3. The lowest BCUT2D eigenvalue weighted by Gasteiger charge is -2.21. The van der Waals surface area contributed by atoms with Crippen LogP contribution < -0.4 is 5.32 Å². The summed E-state index contributed by atoms with van der Waals surface area (Å²) >= 11 is 0. The maximum atomic E-state index is 12.7. The van der Waals surface area contributed by atoms with Crippen molar-refractivity contribution < 1.29 is 23.5 Å². The van der Waals surface area contributed by atoms with Gasteiger partial charge in [0.05, 0.1) is 13.7 Å². The standard InChI is InChI=1S/C20H27N3O5/c1-4-15-7-9-16(10-8-15)21-20(25)23(11-6-12-27-5-2)13-18-22-17(14-28-18)19(24)26-3/h7-10,14H,4-6,11-13H2,1-3H3,(H,21,25). The number of hydrogen-bond donors (Lipinski definition) is 1. The molecule has 8 nitrogen and oxygen atoms in total. The van der Waals surface area contributed by atoms with E-state index in [0.717, 1.165) is 6.42 Å². The van der Waals surface area contributed by atoms with Crippen molar-refractivity contribution in [2.24, 2.45) is 0 Å². The van der Waals surface area contributed by atoms with Crippen molar-refractivity contribution in [3.63, 3.8) is 0 Å². The Kier molecular flexibility index (Phi) is 8.48. The summed E-state index contributed by atoms with van der Waals surface area (Å²) in [5, 5.41) is 2.88. The molecule has 1 heterocycles. The van der Waals surface area contributed by atoms with E-state index in [1.54, 1.807) is 4.90 Å². The molecule has 1 aromatic carbocycles. The van der Waals surface area contributed by atoms with Gasteiger partial charge in [0.1, 0.15) is 6.26 Å². The van der Waals surface area contributed by atoms with Gasteiger partial charge < -0.3 is 24.1 Å². The van der Waals surface area contributed by atoms with Crippen LogP contribution in [0.3, 0.4) is 0 Å². The molecule has 1 aromatic heterocycles. The van der Waals surface area contributed by atoms with E-state index >= 15 is 0 Å². The molecule has 8 heteroatoms. The number of esters is 1. The van der Waals surface area contributed by atoms with Gasteiger partial charge in [0.2, 0.25) is 5.89 Å². The number of aryl methyl sites for hydroxylation is 1. The Hall–Kier alpha value is -2.87. The van der Waals surface area contributed by atoms with Crippen LogP contribution in [0.5, 0.6) is 0 Å². The second-order valence-electron chi connectivity index (χ2n) is 6.07. The zero-order chi connectivity index (χ0) is 20.4. The molecule has 2 rings (SSSR count). The minimum atomic E-state index is -0.585. The van der Waals surface area contributed by atoms with Crippen LogP contribution in [0.1, 0.15) is 42.2 Å². The number of ether oxygens (including phenoxy) is 2. The van der Waals surface area contributed by atoms with Gasteiger partial charge in [-0.1, -0.05) is 19.1 Å². The van der Waals surface area contributed by atoms with Crippen molar-refractivity contribution in [3.8, 4) is 0 Å². The lowest BCUT2D eigenvalue weighted by Crippen LogP contribution is -2.35. The third kappa shape index (κ3) is 6.38. The maximum absolute atomic E-state index is 12.7. The van der Waals surface area contributed by atoms with E-state index in [1.165, 1.54) is 18.9 Å². The van der Waals surface area contributed by atoms with Crippen molar-refractivity contribution in [2.45, 2.75) is 33.2 Å². The molecule has 0 atom stereocenters. The van der Waals surface area contributed by atoms with E-state index in [2.05, 4.69) is 22.0 Å². The Morgan fingerprint density at radius 3 is 2.61 bits per heavy atom. The number of amides is 2. The summed E-state index contributed by atoms with van der Waals surface area (Å²) in [6, 6.07) is 7.42. The van der Waals surface area contributed by atoms with Gasteiger partial charge in [-0.15, -0.1) is 0 Å². The Balaban J connectivity index is 2.04. The fraction of sp³-hybridized carbons (Fsp3) is 0.450. The van der Waals surface area contributed by atoms with Gasteiger partial charge in [0.25, 0.3) is 0 Å². The molecule has 1 N–H and O–H groups in total. The minimum absolute atomic E-state index is 0.0716. The molecule has 0 radical (unpaired) electrons. The van der Waals surface area contributed by atoms with Gasteiger partial charge in [-0.05, 0) is 37.5 Å². The number of hydrogen-bond acceptors (Lipinski definition) is 6. The SMILES string of the molecule is CCOCCCN(Cc1nc(C(=O)OC)co1)C(=O)Nc1ccc(CC)cc1. The van der Waals surface area contributed by atoms with Crippen LogP contribution in [0.25, 0.3) is 0 Å². The second-order valence-corrected chi connectivity index (χ2v) is 6.07. The summed E-state index contributed by atoms with van der Waals surface area (Å²) in [7, 11) is 1.27. The lowest BCUT2D eigenvalue weighted by atomic mass is 10.1. The number of urea groups is 1. The molecule has 152 valence electrons. The predicted molar refractivity (Wildman–Crippen MR) is 104 cm³/mol. The van der Waals surface area contributed by atoms with Crippen molar-refractivity contribution in [1.29, 1.82) is 0 Å². The quantitative estimate of drug-likeness (QED) is 0.494. The van der Waals surface area contributed by atoms with E-state index in [1.807, 2.05) is 31.2 Å².